The number of aliphatic hydroxyl groups is 5. The fourth-order valence-electron chi connectivity index (χ4n) is 12.8. The molecule has 3 aromatic rings. The number of aliphatic hydroxyl groups excluding tert-OH is 5. The molecule has 34 N–H and O–H groups in total. The largest absolute Gasteiger partial charge is 0.508 e. The standard InChI is InChI=1S/C84H129N21O28/c1-10-41(5)65(102-70(120)52(86)31-46-17-23-49(111)24-18-46)81(131)100-59(38-107)77(127)94-54(16-14-30-89-84(87)88)71(121)90-35-61(114)93-58(37-106)76(126)99-60(39-108)78(128)105-68(45(9)110)83(133)103-66(42(6)11-2)80(130)98-56(33-48-21-27-51(113)28-22-48)74(124)97-55(32-47-19-25-50(112)26-20-47)73(123)92-43(7)69(119)96-57(34-62(115)116)75(125)104-67(44(8)109)82(132)101-64(40(3)4)79(129)95-53(15-12-13-29-85)72(122)91-36-63(117)118/h17-28,40-45,52-60,64-68,106-113H,10-16,29-39,85-86H2,1-9H3,(H,90,121)(H,91,122)(H,92,123)(H,93,114)(H,94,127)(H,95,129)(H,96,119)(H,97,124)(H,98,130)(H,99,126)(H,100,131)(H,101,132)(H,102,120)(H,103,133)(H,104,125)(H,105,128)(H,115,116)(H,117,118)(H4,87,88,89)/t41-,42-,43-,44+,45+,52-,53-,54-,55-,56-,57-,58-,59-,60-,64-,65-,66-,67-,68-/m0/s1. The van der Waals surface area contributed by atoms with Crippen molar-refractivity contribution in [3.63, 3.8) is 0 Å². The molecule has 0 aliphatic rings. The van der Waals surface area contributed by atoms with Crippen LogP contribution in [0.4, 0.5) is 0 Å². The van der Waals surface area contributed by atoms with Crippen LogP contribution in [0.1, 0.15) is 130 Å². The van der Waals surface area contributed by atoms with Gasteiger partial charge >= 0.3 is 11.9 Å². The average molecular weight is 1880 g/mol. The molecule has 19 atom stereocenters. The molecule has 16 amide bonds. The Labute approximate surface area is 766 Å². The molecule has 0 saturated heterocycles. The van der Waals surface area contributed by atoms with Crippen molar-refractivity contribution in [1.29, 1.82) is 5.41 Å². The topological polar surface area (TPSA) is 816 Å². The van der Waals surface area contributed by atoms with Gasteiger partial charge in [-0.15, -0.1) is 0 Å². The van der Waals surface area contributed by atoms with E-state index in [1.165, 1.54) is 81.4 Å². The quantitative estimate of drug-likeness (QED) is 0.0142. The number of rotatable bonds is 59. The van der Waals surface area contributed by atoms with Gasteiger partial charge in [-0.1, -0.05) is 90.8 Å². The second-order valence-corrected chi connectivity index (χ2v) is 32.2. The highest BCUT2D eigenvalue weighted by atomic mass is 16.4. The average Bonchev–Trinajstić information content (AvgIpc) is 0.837. The first-order valence-corrected chi connectivity index (χ1v) is 42.9. The van der Waals surface area contributed by atoms with Crippen molar-refractivity contribution in [3.05, 3.63) is 89.5 Å². The van der Waals surface area contributed by atoms with Gasteiger partial charge in [0.15, 0.2) is 5.96 Å². The van der Waals surface area contributed by atoms with Crippen molar-refractivity contribution in [2.45, 2.75) is 236 Å². The lowest BCUT2D eigenvalue weighted by Gasteiger charge is -2.30. The van der Waals surface area contributed by atoms with Gasteiger partial charge in [0.1, 0.15) is 108 Å². The number of hydrogen-bond acceptors (Lipinski definition) is 29. The van der Waals surface area contributed by atoms with Crippen molar-refractivity contribution in [2.75, 3.05) is 46.0 Å². The Morgan fingerprint density at radius 1 is 0.353 bits per heavy atom. The fraction of sp³-hybridized carbons (Fsp3) is 0.560. The molecule has 0 unspecified atom stereocenters. The number of nitrogens with two attached hydrogens (primary N) is 3. The number of aromatic hydroxyl groups is 3. The summed E-state index contributed by atoms with van der Waals surface area (Å²) in [6.07, 6.45) is -4.76. The maximum absolute atomic E-state index is 14.9. The van der Waals surface area contributed by atoms with E-state index in [1.54, 1.807) is 32.9 Å². The summed E-state index contributed by atoms with van der Waals surface area (Å²) in [5.41, 5.74) is 18.3. The number of hydrogen-bond donors (Lipinski definition) is 31. The Kier molecular flexibility index (Phi) is 49.3. The monoisotopic (exact) mass is 1880 g/mol. The minimum Gasteiger partial charge on any atom is -0.508 e. The molecule has 133 heavy (non-hydrogen) atoms. The van der Waals surface area contributed by atoms with Crippen LogP contribution in [0.5, 0.6) is 17.2 Å². The van der Waals surface area contributed by atoms with Gasteiger partial charge in [-0.05, 0) is 137 Å². The van der Waals surface area contributed by atoms with Crippen LogP contribution in [-0.4, -0.2) is 312 Å². The molecule has 3 rings (SSSR count). The summed E-state index contributed by atoms with van der Waals surface area (Å²) in [7, 11) is 0. The van der Waals surface area contributed by atoms with Crippen molar-refractivity contribution in [1.82, 2.24) is 90.4 Å². The highest BCUT2D eigenvalue weighted by Gasteiger charge is 2.41. The number of carbonyl (C=O) groups is 18. The smallest absolute Gasteiger partial charge is 0.322 e. The van der Waals surface area contributed by atoms with E-state index in [2.05, 4.69) is 90.4 Å². The zero-order chi connectivity index (χ0) is 100. The Morgan fingerprint density at radius 3 is 1.10 bits per heavy atom. The number of carboxylic acid groups (broad SMARTS) is 2. The first kappa shape index (κ1) is 114. The third-order valence-electron chi connectivity index (χ3n) is 21.0. The van der Waals surface area contributed by atoms with Crippen LogP contribution in [0, 0.1) is 23.2 Å². The second kappa shape index (κ2) is 57.6. The van der Waals surface area contributed by atoms with Crippen LogP contribution in [0.25, 0.3) is 0 Å². The highest BCUT2D eigenvalue weighted by Crippen LogP contribution is 2.19. The van der Waals surface area contributed by atoms with E-state index >= 15 is 0 Å². The summed E-state index contributed by atoms with van der Waals surface area (Å²) in [5, 5.41) is 149. The van der Waals surface area contributed by atoms with Gasteiger partial charge in [0.2, 0.25) is 94.5 Å². The summed E-state index contributed by atoms with van der Waals surface area (Å²) in [4.78, 5) is 246. The van der Waals surface area contributed by atoms with E-state index in [4.69, 9.17) is 27.7 Å². The number of nitrogens with one attached hydrogen (secondary N) is 18. The third-order valence-corrected chi connectivity index (χ3v) is 21.0. The van der Waals surface area contributed by atoms with E-state index in [1.807, 2.05) is 0 Å². The molecule has 0 saturated carbocycles. The summed E-state index contributed by atoms with van der Waals surface area (Å²) in [6.45, 7) is 7.50. The van der Waals surface area contributed by atoms with Gasteiger partial charge in [-0.3, -0.25) is 91.7 Å². The number of benzene rings is 3. The Hall–Kier alpha value is -13.5. The zero-order valence-corrected chi connectivity index (χ0v) is 75.3. The molecule has 49 heteroatoms. The number of phenolic OH excluding ortho intramolecular Hbond substituents is 3. The Balaban J connectivity index is 1.86. The van der Waals surface area contributed by atoms with Gasteiger partial charge in [-0.2, -0.15) is 0 Å². The summed E-state index contributed by atoms with van der Waals surface area (Å²) < 4.78 is 0. The first-order valence-electron chi connectivity index (χ1n) is 42.9. The molecule has 0 aromatic heterocycles. The maximum Gasteiger partial charge on any atom is 0.322 e. The van der Waals surface area contributed by atoms with Crippen LogP contribution in [-0.2, 0) is 106 Å². The van der Waals surface area contributed by atoms with Crippen molar-refractivity contribution >= 4 is 112 Å². The molecule has 49 nitrogen and oxygen atoms in total. The highest BCUT2D eigenvalue weighted by molar-refractivity contribution is 6.02. The van der Waals surface area contributed by atoms with E-state index in [0.29, 0.717) is 24.8 Å². The van der Waals surface area contributed by atoms with E-state index in [-0.39, 0.29) is 73.6 Å². The minimum atomic E-state index is -2.08. The first-order chi connectivity index (χ1) is 62.6. The molecule has 0 heterocycles. The molecule has 0 bridgehead atoms. The molecular formula is C84H129N21O28. The number of aliphatic carboxylic acids is 2. The van der Waals surface area contributed by atoms with Crippen LogP contribution in [0.2, 0.25) is 0 Å². The summed E-state index contributed by atoms with van der Waals surface area (Å²) in [6, 6.07) is -9.29. The summed E-state index contributed by atoms with van der Waals surface area (Å²) in [5.74, 6) is -24.3. The summed E-state index contributed by atoms with van der Waals surface area (Å²) >= 11 is 0. The number of unbranched alkanes of at least 4 members (excludes halogenated alkanes) is 1. The van der Waals surface area contributed by atoms with Crippen LogP contribution in [0.3, 0.4) is 0 Å². The van der Waals surface area contributed by atoms with Crippen LogP contribution in [0.15, 0.2) is 72.8 Å². The number of amides is 16. The second-order valence-electron chi connectivity index (χ2n) is 32.2. The van der Waals surface area contributed by atoms with Crippen molar-refractivity contribution in [2.24, 2.45) is 35.0 Å². The van der Waals surface area contributed by atoms with Crippen LogP contribution < -0.4 is 108 Å². The van der Waals surface area contributed by atoms with Gasteiger partial charge in [0.05, 0.1) is 51.0 Å². The molecule has 738 valence electrons. The minimum absolute atomic E-state index is 0.00140. The molecule has 0 spiro atoms. The predicted octanol–water partition coefficient (Wildman–Crippen LogP) is -9.36. The molecular weight excluding hydrogens is 1750 g/mol. The van der Waals surface area contributed by atoms with E-state index in [9.17, 15) is 132 Å². The lowest BCUT2D eigenvalue weighted by atomic mass is 9.96. The fourth-order valence-corrected chi connectivity index (χ4v) is 12.8. The SMILES string of the molecule is CC[C@H](C)[C@H](NC(=O)[C@@H](NC(=O)[C@H](CO)NC(=O)[C@H](CO)NC(=O)CNC(=O)[C@H](CCCNC(=N)N)NC(=O)[C@H](CO)NC(=O)[C@@H](NC(=O)[C@@H](N)Cc1ccc(O)cc1)[C@@H](C)CC)[C@@H](C)O)C(=O)N[C@@H](Cc1ccc(O)cc1)C(=O)N[C@@H](Cc1ccc(O)cc1)C(=O)N[C@@H](C)C(=O)N[C@@H](CC(=O)O)C(=O)N[C@H](C(=O)N[C@H](C(=O)N[C@@H](CCCCN)C(=O)NCC(=O)O)C(C)C)[C@@H](C)O. The predicted molar refractivity (Wildman–Crippen MR) is 472 cm³/mol. The lowest BCUT2D eigenvalue weighted by molar-refractivity contribution is -0.142. The van der Waals surface area contributed by atoms with Gasteiger partial charge in [0, 0.05) is 19.4 Å². The number of guanidine groups is 1. The van der Waals surface area contributed by atoms with Crippen LogP contribution >= 0.6 is 0 Å². The molecule has 0 aliphatic carbocycles. The molecule has 3 aromatic carbocycles. The van der Waals surface area contributed by atoms with Gasteiger partial charge in [-0.25, -0.2) is 0 Å². The lowest BCUT2D eigenvalue weighted by Crippen LogP contribution is -2.63. The normalized spacial score (nSPS) is 15.4. The van der Waals surface area contributed by atoms with E-state index < -0.39 is 285 Å². The molecule has 0 fully saturated rings. The third kappa shape index (κ3) is 40.0. The maximum atomic E-state index is 14.9. The molecule has 0 aliphatic heterocycles. The number of carboxylic acids is 2. The Bertz CT molecular complexity index is 4430. The van der Waals surface area contributed by atoms with Gasteiger partial charge < -0.3 is 159 Å². The van der Waals surface area contributed by atoms with Crippen molar-refractivity contribution in [3.8, 4) is 17.2 Å². The molecule has 0 radical (unpaired) electrons. The zero-order valence-electron chi connectivity index (χ0n) is 75.3. The Morgan fingerprint density at radius 2 is 0.684 bits per heavy atom. The number of carbonyl (C=O) groups excluding carboxylic acids is 16. The number of phenols is 3. The van der Waals surface area contributed by atoms with E-state index in [0.717, 1.165) is 20.8 Å². The van der Waals surface area contributed by atoms with Crippen molar-refractivity contribution < 1.29 is 137 Å². The van der Waals surface area contributed by atoms with Gasteiger partial charge in [0.25, 0.3) is 0 Å².